The maximum Gasteiger partial charge on any atom is 0.408 e. The molecule has 7 nitrogen and oxygen atoms in total. The van der Waals surface area contributed by atoms with Crippen molar-refractivity contribution < 1.29 is 24.5 Å². The minimum atomic E-state index is -0.941. The number of aliphatic hydroxyl groups is 2. The predicted octanol–water partition coefficient (Wildman–Crippen LogP) is 0.0997. The molecule has 7 heteroatoms. The number of hydrogen-bond acceptors (Lipinski definition) is 5. The van der Waals surface area contributed by atoms with Crippen LogP contribution in [0, 0.1) is 5.92 Å². The maximum absolute atomic E-state index is 12.4. The fourth-order valence-corrected chi connectivity index (χ4v) is 2.09. The molecule has 1 heterocycles. The molecule has 0 aromatic rings. The van der Waals surface area contributed by atoms with E-state index in [2.05, 4.69) is 5.32 Å². The predicted molar refractivity (Wildman–Crippen MR) is 76.6 cm³/mol. The smallest absolute Gasteiger partial charge is 0.408 e. The van der Waals surface area contributed by atoms with Crippen LogP contribution < -0.4 is 5.32 Å². The zero-order valence-electron chi connectivity index (χ0n) is 13.3. The Morgan fingerprint density at radius 1 is 1.19 bits per heavy atom. The van der Waals surface area contributed by atoms with Crippen molar-refractivity contribution in [3.63, 3.8) is 0 Å². The molecule has 1 fully saturated rings. The molecule has 0 radical (unpaired) electrons. The summed E-state index contributed by atoms with van der Waals surface area (Å²) in [7, 11) is 0. The number of nitrogens with one attached hydrogen (secondary N) is 1. The summed E-state index contributed by atoms with van der Waals surface area (Å²) < 4.78 is 5.15. The Hall–Kier alpha value is -1.34. The number of likely N-dealkylation sites (tertiary alicyclic amines) is 1. The molecular weight excluding hydrogens is 276 g/mol. The molecule has 0 unspecified atom stereocenters. The Morgan fingerprint density at radius 2 is 1.67 bits per heavy atom. The van der Waals surface area contributed by atoms with Gasteiger partial charge in [0.05, 0.1) is 12.2 Å². The van der Waals surface area contributed by atoms with Crippen molar-refractivity contribution >= 4 is 12.0 Å². The summed E-state index contributed by atoms with van der Waals surface area (Å²) >= 11 is 0. The van der Waals surface area contributed by atoms with E-state index in [0.717, 1.165) is 0 Å². The first-order valence-electron chi connectivity index (χ1n) is 7.15. The normalized spacial score (nSPS) is 24.1. The number of rotatable bonds is 3. The van der Waals surface area contributed by atoms with Gasteiger partial charge < -0.3 is 25.2 Å². The molecule has 21 heavy (non-hydrogen) atoms. The van der Waals surface area contributed by atoms with Crippen LogP contribution in [-0.2, 0) is 9.53 Å². The fraction of sp³-hybridized carbons (Fsp3) is 0.857. The Morgan fingerprint density at radius 3 is 2.05 bits per heavy atom. The standard InChI is InChI=1S/C14H26N2O5/c1-8(2)11(15-13(20)21-14(3,4)5)12(19)16-6-9(17)10(18)7-16/h8-11,17-18H,6-7H2,1-5H3,(H,15,20)/t9-,10-,11+/m1/s1. The molecule has 3 atom stereocenters. The highest BCUT2D eigenvalue weighted by Gasteiger charge is 2.37. The Kier molecular flexibility index (Phi) is 5.58. The number of carbonyl (C=O) groups excluding carboxylic acids is 2. The zero-order valence-corrected chi connectivity index (χ0v) is 13.3. The van der Waals surface area contributed by atoms with Crippen LogP contribution in [-0.4, -0.2) is 64.1 Å². The molecule has 1 rings (SSSR count). The third kappa shape index (κ3) is 5.17. The molecule has 0 saturated carbocycles. The van der Waals surface area contributed by atoms with Gasteiger partial charge in [-0.05, 0) is 26.7 Å². The minimum Gasteiger partial charge on any atom is -0.444 e. The Bertz CT molecular complexity index is 381. The van der Waals surface area contributed by atoms with Crippen LogP contribution in [0.3, 0.4) is 0 Å². The lowest BCUT2D eigenvalue weighted by atomic mass is 10.0. The van der Waals surface area contributed by atoms with E-state index >= 15 is 0 Å². The maximum atomic E-state index is 12.4. The van der Waals surface area contributed by atoms with Gasteiger partial charge in [-0.15, -0.1) is 0 Å². The van der Waals surface area contributed by atoms with Crippen molar-refractivity contribution in [1.29, 1.82) is 0 Å². The second-order valence-electron chi connectivity index (χ2n) is 6.75. The first-order valence-corrected chi connectivity index (χ1v) is 7.15. The van der Waals surface area contributed by atoms with E-state index in [0.29, 0.717) is 0 Å². The molecule has 1 aliphatic heterocycles. The number of aliphatic hydroxyl groups excluding tert-OH is 2. The summed E-state index contributed by atoms with van der Waals surface area (Å²) in [5.41, 5.74) is -0.644. The van der Waals surface area contributed by atoms with Gasteiger partial charge in [0.2, 0.25) is 5.91 Å². The largest absolute Gasteiger partial charge is 0.444 e. The topological polar surface area (TPSA) is 99.1 Å². The number of amides is 2. The molecule has 0 spiro atoms. The number of nitrogens with zero attached hydrogens (tertiary/aromatic N) is 1. The molecule has 0 aromatic carbocycles. The van der Waals surface area contributed by atoms with Crippen molar-refractivity contribution in [2.45, 2.75) is 58.5 Å². The van der Waals surface area contributed by atoms with Gasteiger partial charge in [0, 0.05) is 13.1 Å². The Labute approximate surface area is 125 Å². The molecule has 0 aliphatic carbocycles. The van der Waals surface area contributed by atoms with E-state index < -0.39 is 29.9 Å². The number of β-amino-alcohol motifs (C(OH)–C–C–N with tert-alkyl or cyclic N) is 2. The van der Waals surface area contributed by atoms with Gasteiger partial charge >= 0.3 is 6.09 Å². The molecule has 122 valence electrons. The second-order valence-corrected chi connectivity index (χ2v) is 6.75. The monoisotopic (exact) mass is 302 g/mol. The van der Waals surface area contributed by atoms with Gasteiger partial charge in [-0.1, -0.05) is 13.8 Å². The van der Waals surface area contributed by atoms with Crippen molar-refractivity contribution in [2.75, 3.05) is 13.1 Å². The summed E-state index contributed by atoms with van der Waals surface area (Å²) in [6, 6.07) is -0.752. The molecule has 0 aromatic heterocycles. The van der Waals surface area contributed by atoms with E-state index in [1.807, 2.05) is 13.8 Å². The third-order valence-corrected chi connectivity index (χ3v) is 3.18. The third-order valence-electron chi connectivity index (χ3n) is 3.18. The minimum absolute atomic E-state index is 0.0687. The molecule has 2 amide bonds. The van der Waals surface area contributed by atoms with Crippen LogP contribution in [0.25, 0.3) is 0 Å². The molecule has 1 saturated heterocycles. The number of alkyl carbamates (subject to hydrolysis) is 1. The highest BCUT2D eigenvalue weighted by atomic mass is 16.6. The van der Waals surface area contributed by atoms with Gasteiger partial charge in [-0.3, -0.25) is 4.79 Å². The van der Waals surface area contributed by atoms with Crippen LogP contribution >= 0.6 is 0 Å². The number of carbonyl (C=O) groups is 2. The van der Waals surface area contributed by atoms with Crippen molar-refractivity contribution in [1.82, 2.24) is 10.2 Å². The second kappa shape index (κ2) is 6.62. The average molecular weight is 302 g/mol. The number of hydrogen-bond donors (Lipinski definition) is 3. The van der Waals surface area contributed by atoms with Crippen molar-refractivity contribution in [3.8, 4) is 0 Å². The molecular formula is C14H26N2O5. The highest BCUT2D eigenvalue weighted by molar-refractivity contribution is 5.86. The fourth-order valence-electron chi connectivity index (χ4n) is 2.09. The summed E-state index contributed by atoms with van der Waals surface area (Å²) in [5.74, 6) is -0.466. The van der Waals surface area contributed by atoms with E-state index in [4.69, 9.17) is 4.74 Å². The van der Waals surface area contributed by atoms with Crippen LogP contribution in [0.2, 0.25) is 0 Å². The lowest BCUT2D eigenvalue weighted by Crippen LogP contribution is -2.52. The highest BCUT2D eigenvalue weighted by Crippen LogP contribution is 2.15. The zero-order chi connectivity index (χ0) is 16.4. The van der Waals surface area contributed by atoms with Gasteiger partial charge in [-0.2, -0.15) is 0 Å². The lowest BCUT2D eigenvalue weighted by molar-refractivity contribution is -0.134. The first-order chi connectivity index (χ1) is 9.51. The van der Waals surface area contributed by atoms with E-state index in [9.17, 15) is 19.8 Å². The van der Waals surface area contributed by atoms with Crippen molar-refractivity contribution in [2.24, 2.45) is 5.92 Å². The van der Waals surface area contributed by atoms with Gasteiger partial charge in [0.25, 0.3) is 0 Å². The van der Waals surface area contributed by atoms with Gasteiger partial charge in [0.15, 0.2) is 0 Å². The SMILES string of the molecule is CC(C)[C@H](NC(=O)OC(C)(C)C)C(=O)N1C[C@@H](O)[C@H](O)C1. The molecule has 3 N–H and O–H groups in total. The van der Waals surface area contributed by atoms with Gasteiger partial charge in [-0.25, -0.2) is 4.79 Å². The summed E-state index contributed by atoms with van der Waals surface area (Å²) in [6.07, 6.45) is -2.54. The van der Waals surface area contributed by atoms with E-state index in [-0.39, 0.29) is 24.9 Å². The van der Waals surface area contributed by atoms with Crippen LogP contribution in [0.5, 0.6) is 0 Å². The van der Waals surface area contributed by atoms with E-state index in [1.54, 1.807) is 20.8 Å². The summed E-state index contributed by atoms with van der Waals surface area (Å²) in [5, 5.41) is 21.6. The van der Waals surface area contributed by atoms with Crippen LogP contribution in [0.4, 0.5) is 4.79 Å². The average Bonchev–Trinajstić information content (AvgIpc) is 2.63. The van der Waals surface area contributed by atoms with Crippen LogP contribution in [0.15, 0.2) is 0 Å². The quantitative estimate of drug-likeness (QED) is 0.687. The summed E-state index contributed by atoms with van der Waals surface area (Å²) in [6.45, 7) is 8.98. The molecule has 0 bridgehead atoms. The molecule has 1 aliphatic rings. The first kappa shape index (κ1) is 17.7. The van der Waals surface area contributed by atoms with Gasteiger partial charge in [0.1, 0.15) is 11.6 Å². The lowest BCUT2D eigenvalue weighted by Gasteiger charge is -2.28. The van der Waals surface area contributed by atoms with Crippen LogP contribution in [0.1, 0.15) is 34.6 Å². The van der Waals surface area contributed by atoms with Crippen molar-refractivity contribution in [3.05, 3.63) is 0 Å². The summed E-state index contributed by atoms with van der Waals surface area (Å²) in [4.78, 5) is 25.6. The Balaban J connectivity index is 2.69. The van der Waals surface area contributed by atoms with E-state index in [1.165, 1.54) is 4.90 Å². The number of ether oxygens (including phenoxy) is 1.